The van der Waals surface area contributed by atoms with Crippen LogP contribution in [0.3, 0.4) is 0 Å². The van der Waals surface area contributed by atoms with Crippen molar-refractivity contribution in [1.29, 1.82) is 5.26 Å². The fraction of sp³-hybridized carbons (Fsp3) is 0.500. The van der Waals surface area contributed by atoms with Crippen molar-refractivity contribution in [1.82, 2.24) is 14.6 Å². The molecule has 2 saturated heterocycles. The Kier molecular flexibility index (Phi) is 6.21. The van der Waals surface area contributed by atoms with Crippen LogP contribution in [0.4, 0.5) is 5.82 Å². The molecule has 36 heavy (non-hydrogen) atoms. The number of fused-ring (bicyclic) bond motifs is 3. The number of nitrogens with zero attached hydrogens (tertiary/aromatic N) is 5. The zero-order valence-corrected chi connectivity index (χ0v) is 21.3. The van der Waals surface area contributed by atoms with Crippen molar-refractivity contribution >= 4 is 17.1 Å². The van der Waals surface area contributed by atoms with Gasteiger partial charge in [0, 0.05) is 42.8 Å². The maximum absolute atomic E-state index is 12.7. The molecule has 1 saturated carbocycles. The molecule has 0 aromatic carbocycles. The molecule has 3 aromatic rings. The number of pyridine rings is 2. The Morgan fingerprint density at radius 2 is 2.03 bits per heavy atom. The van der Waals surface area contributed by atoms with Crippen LogP contribution in [0, 0.1) is 35.0 Å². The number of Topliss-reactive ketones (excluding diaryl/α,β-unsaturated/α-hetero) is 1. The number of rotatable bonds is 8. The standard InChI is InChI=1S/C28H33N5O3/c1-17(2)7-24(34)26-19-8-20(26)14-32(13-19)25-6-5-18(11-30-25)23-9-22(36-16-28(3,4)35)15-33-27(23)21(10-29)12-31-33/h5-6,9,11-12,15,17,19-20,26,35H,7-8,13-14,16H2,1-4H3. The number of piperidine rings is 2. The zero-order chi connectivity index (χ0) is 25.6. The van der Waals surface area contributed by atoms with E-state index in [0.29, 0.717) is 46.8 Å². The highest BCUT2D eigenvalue weighted by Crippen LogP contribution is 2.47. The smallest absolute Gasteiger partial charge is 0.138 e. The van der Waals surface area contributed by atoms with Gasteiger partial charge in [0.25, 0.3) is 0 Å². The van der Waals surface area contributed by atoms with Gasteiger partial charge in [0.2, 0.25) is 0 Å². The summed E-state index contributed by atoms with van der Waals surface area (Å²) in [6, 6.07) is 8.09. The monoisotopic (exact) mass is 487 g/mol. The Balaban J connectivity index is 1.38. The molecule has 0 spiro atoms. The molecule has 8 nitrogen and oxygen atoms in total. The summed E-state index contributed by atoms with van der Waals surface area (Å²) in [7, 11) is 0. The molecule has 3 fully saturated rings. The summed E-state index contributed by atoms with van der Waals surface area (Å²) >= 11 is 0. The van der Waals surface area contributed by atoms with Crippen LogP contribution in [0.5, 0.6) is 5.75 Å². The van der Waals surface area contributed by atoms with Crippen molar-refractivity contribution in [3.63, 3.8) is 0 Å². The molecule has 1 aliphatic carbocycles. The average molecular weight is 488 g/mol. The second-order valence-electron chi connectivity index (χ2n) is 11.3. The van der Waals surface area contributed by atoms with Gasteiger partial charge >= 0.3 is 0 Å². The van der Waals surface area contributed by atoms with Crippen molar-refractivity contribution in [2.75, 3.05) is 24.6 Å². The first-order valence-corrected chi connectivity index (χ1v) is 12.6. The molecule has 3 aromatic heterocycles. The van der Waals surface area contributed by atoms with Crippen LogP contribution >= 0.6 is 0 Å². The Morgan fingerprint density at radius 1 is 1.28 bits per heavy atom. The van der Waals surface area contributed by atoms with Gasteiger partial charge in [-0.15, -0.1) is 0 Å². The topological polar surface area (TPSA) is 104 Å². The molecule has 5 heterocycles. The lowest BCUT2D eigenvalue weighted by atomic mass is 9.59. The Bertz CT molecular complexity index is 1300. The Labute approximate surface area is 211 Å². The number of carbonyl (C=O) groups excluding carboxylic acids is 1. The first-order chi connectivity index (χ1) is 17.1. The van der Waals surface area contributed by atoms with Crippen LogP contribution in [0.15, 0.2) is 36.8 Å². The minimum absolute atomic E-state index is 0.124. The van der Waals surface area contributed by atoms with Crippen LogP contribution in [-0.2, 0) is 4.79 Å². The highest BCUT2D eigenvalue weighted by Gasteiger charge is 2.50. The highest BCUT2D eigenvalue weighted by atomic mass is 16.5. The highest BCUT2D eigenvalue weighted by molar-refractivity contribution is 5.85. The van der Waals surface area contributed by atoms with Crippen LogP contribution in [0.1, 0.15) is 46.1 Å². The van der Waals surface area contributed by atoms with E-state index in [4.69, 9.17) is 9.72 Å². The van der Waals surface area contributed by atoms with Crippen molar-refractivity contribution in [3.05, 3.63) is 42.4 Å². The molecule has 0 radical (unpaired) electrons. The Hall–Kier alpha value is -3.44. The third-order valence-corrected chi connectivity index (χ3v) is 7.19. The minimum atomic E-state index is -0.978. The molecule has 6 rings (SSSR count). The van der Waals surface area contributed by atoms with E-state index in [9.17, 15) is 15.2 Å². The molecule has 8 heteroatoms. The molecule has 2 bridgehead atoms. The fourth-order valence-corrected chi connectivity index (χ4v) is 5.61. The minimum Gasteiger partial charge on any atom is -0.489 e. The van der Waals surface area contributed by atoms with Crippen LogP contribution in [-0.4, -0.2) is 50.8 Å². The summed E-state index contributed by atoms with van der Waals surface area (Å²) in [5.74, 6) is 3.35. The second kappa shape index (κ2) is 9.21. The zero-order valence-electron chi connectivity index (χ0n) is 21.3. The normalized spacial score (nSPS) is 21.4. The van der Waals surface area contributed by atoms with E-state index in [-0.39, 0.29) is 12.5 Å². The second-order valence-corrected chi connectivity index (χ2v) is 11.3. The Morgan fingerprint density at radius 3 is 2.64 bits per heavy atom. The quantitative estimate of drug-likeness (QED) is 0.510. The number of anilines is 1. The third kappa shape index (κ3) is 4.68. The molecule has 1 N–H and O–H groups in total. The van der Waals surface area contributed by atoms with Gasteiger partial charge in [-0.2, -0.15) is 10.4 Å². The first kappa shape index (κ1) is 24.3. The van der Waals surface area contributed by atoms with Crippen molar-refractivity contribution in [3.8, 4) is 22.9 Å². The predicted molar refractivity (Wildman–Crippen MR) is 137 cm³/mol. The summed E-state index contributed by atoms with van der Waals surface area (Å²) < 4.78 is 7.46. The van der Waals surface area contributed by atoms with E-state index in [1.165, 1.54) is 6.20 Å². The van der Waals surface area contributed by atoms with E-state index < -0.39 is 5.60 Å². The average Bonchev–Trinajstić information content (AvgIpc) is 3.24. The predicted octanol–water partition coefficient (Wildman–Crippen LogP) is 4.11. The number of carbonyl (C=O) groups is 1. The molecule has 188 valence electrons. The fourth-order valence-electron chi connectivity index (χ4n) is 5.61. The first-order valence-electron chi connectivity index (χ1n) is 12.6. The number of nitriles is 1. The van der Waals surface area contributed by atoms with Crippen molar-refractivity contribution in [2.24, 2.45) is 23.7 Å². The number of ketones is 1. The van der Waals surface area contributed by atoms with E-state index >= 15 is 0 Å². The van der Waals surface area contributed by atoms with Gasteiger partial charge in [-0.25, -0.2) is 9.50 Å². The van der Waals surface area contributed by atoms with Crippen LogP contribution in [0.25, 0.3) is 16.6 Å². The van der Waals surface area contributed by atoms with Gasteiger partial charge in [0.1, 0.15) is 30.0 Å². The maximum Gasteiger partial charge on any atom is 0.138 e. The van der Waals surface area contributed by atoms with Gasteiger partial charge < -0.3 is 14.7 Å². The molecule has 3 aliphatic rings. The number of hydrogen-bond acceptors (Lipinski definition) is 7. The summed E-state index contributed by atoms with van der Waals surface area (Å²) in [6.45, 7) is 9.44. The molecule has 2 unspecified atom stereocenters. The molecule has 2 aliphatic heterocycles. The number of aliphatic hydroxyl groups is 1. The van der Waals surface area contributed by atoms with Crippen LogP contribution < -0.4 is 9.64 Å². The van der Waals surface area contributed by atoms with Gasteiger partial charge in [-0.1, -0.05) is 13.8 Å². The van der Waals surface area contributed by atoms with Gasteiger partial charge in [-0.3, -0.25) is 4.79 Å². The van der Waals surface area contributed by atoms with E-state index in [1.807, 2.05) is 24.4 Å². The van der Waals surface area contributed by atoms with E-state index in [1.54, 1.807) is 24.6 Å². The summed E-state index contributed by atoms with van der Waals surface area (Å²) in [4.78, 5) is 19.7. The molecule has 2 atom stereocenters. The lowest BCUT2D eigenvalue weighted by molar-refractivity contribution is -0.134. The molecular weight excluding hydrogens is 454 g/mol. The molecule has 0 amide bonds. The SMILES string of the molecule is CC(C)CC(=O)C1C2CC1CN(c1ccc(-c3cc(OCC(C)(C)O)cn4ncc(C#N)c34)cn1)C2. The number of hydrogen-bond donors (Lipinski definition) is 1. The largest absolute Gasteiger partial charge is 0.489 e. The van der Waals surface area contributed by atoms with Crippen molar-refractivity contribution in [2.45, 2.75) is 46.1 Å². The van der Waals surface area contributed by atoms with E-state index in [2.05, 4.69) is 29.9 Å². The lowest BCUT2D eigenvalue weighted by Crippen LogP contribution is -2.58. The third-order valence-electron chi connectivity index (χ3n) is 7.19. The number of ether oxygens (including phenoxy) is 1. The summed E-state index contributed by atoms with van der Waals surface area (Å²) in [5.41, 5.74) is 1.82. The maximum atomic E-state index is 12.7. The summed E-state index contributed by atoms with van der Waals surface area (Å²) in [6.07, 6.45) is 6.88. The van der Waals surface area contributed by atoms with Crippen LogP contribution in [0.2, 0.25) is 0 Å². The van der Waals surface area contributed by atoms with Crippen molar-refractivity contribution < 1.29 is 14.6 Å². The van der Waals surface area contributed by atoms with Gasteiger partial charge in [-0.05, 0) is 56.2 Å². The summed E-state index contributed by atoms with van der Waals surface area (Å²) in [5, 5.41) is 24.0. The van der Waals surface area contributed by atoms with Gasteiger partial charge in [0.05, 0.1) is 29.1 Å². The van der Waals surface area contributed by atoms with Gasteiger partial charge in [0.15, 0.2) is 0 Å². The number of aromatic nitrogens is 3. The molecular formula is C28H33N5O3. The lowest BCUT2D eigenvalue weighted by Gasteiger charge is -2.53. The van der Waals surface area contributed by atoms with E-state index in [0.717, 1.165) is 36.5 Å².